The second-order valence-corrected chi connectivity index (χ2v) is 5.07. The highest BCUT2D eigenvalue weighted by Crippen LogP contribution is 2.26. The molecule has 0 aliphatic carbocycles. The Bertz CT molecular complexity index is 365. The van der Waals surface area contributed by atoms with Gasteiger partial charge in [0.15, 0.2) is 0 Å². The standard InChI is InChI=1S/C7H9FO2S2/c1-5(2)7-3-6(4-11-7)12(8,9)10/h3-5H,1-2H3. The molecule has 0 atom stereocenters. The van der Waals surface area contributed by atoms with Gasteiger partial charge in [-0.15, -0.1) is 15.2 Å². The molecule has 12 heavy (non-hydrogen) atoms. The van der Waals surface area contributed by atoms with Gasteiger partial charge in [0, 0.05) is 10.3 Å². The summed E-state index contributed by atoms with van der Waals surface area (Å²) in [5, 5.41) is 1.32. The first-order valence-electron chi connectivity index (χ1n) is 3.44. The zero-order valence-electron chi connectivity index (χ0n) is 6.74. The number of hydrogen-bond acceptors (Lipinski definition) is 3. The van der Waals surface area contributed by atoms with Crippen molar-refractivity contribution < 1.29 is 12.3 Å². The van der Waals surface area contributed by atoms with Crippen molar-refractivity contribution in [2.45, 2.75) is 24.7 Å². The highest BCUT2D eigenvalue weighted by molar-refractivity contribution is 7.86. The maximum Gasteiger partial charge on any atom is 0.332 e. The Balaban J connectivity index is 3.09. The van der Waals surface area contributed by atoms with Gasteiger partial charge in [-0.05, 0) is 12.0 Å². The third kappa shape index (κ3) is 2.04. The van der Waals surface area contributed by atoms with Gasteiger partial charge in [0.25, 0.3) is 0 Å². The van der Waals surface area contributed by atoms with E-state index in [1.807, 2.05) is 13.8 Å². The predicted octanol–water partition coefficient (Wildman–Crippen LogP) is 2.53. The van der Waals surface area contributed by atoms with Gasteiger partial charge in [0.1, 0.15) is 4.90 Å². The fraction of sp³-hybridized carbons (Fsp3) is 0.429. The number of thiophene rings is 1. The smallest absolute Gasteiger partial charge is 0.189 e. The van der Waals surface area contributed by atoms with E-state index >= 15 is 0 Å². The van der Waals surface area contributed by atoms with E-state index < -0.39 is 10.2 Å². The summed E-state index contributed by atoms with van der Waals surface area (Å²) < 4.78 is 33.2. The zero-order valence-corrected chi connectivity index (χ0v) is 8.38. The minimum atomic E-state index is -4.51. The van der Waals surface area contributed by atoms with Gasteiger partial charge in [-0.3, -0.25) is 0 Å². The SMILES string of the molecule is CC(C)c1cc(S(=O)(=O)F)cs1. The summed E-state index contributed by atoms with van der Waals surface area (Å²) in [6, 6.07) is 1.38. The molecule has 0 amide bonds. The van der Waals surface area contributed by atoms with Crippen LogP contribution < -0.4 is 0 Å². The maximum absolute atomic E-state index is 12.4. The molecular weight excluding hydrogens is 199 g/mol. The van der Waals surface area contributed by atoms with E-state index in [-0.39, 0.29) is 10.8 Å². The summed E-state index contributed by atoms with van der Waals surface area (Å²) in [4.78, 5) is 0.655. The van der Waals surface area contributed by atoms with Gasteiger partial charge < -0.3 is 0 Å². The van der Waals surface area contributed by atoms with Crippen molar-refractivity contribution in [2.75, 3.05) is 0 Å². The normalized spacial score (nSPS) is 12.3. The molecule has 0 aliphatic heterocycles. The number of halogens is 1. The van der Waals surface area contributed by atoms with Crippen molar-refractivity contribution in [3.8, 4) is 0 Å². The van der Waals surface area contributed by atoms with Crippen molar-refractivity contribution in [2.24, 2.45) is 0 Å². The van der Waals surface area contributed by atoms with Crippen molar-refractivity contribution in [1.82, 2.24) is 0 Å². The van der Waals surface area contributed by atoms with Gasteiger partial charge in [0.2, 0.25) is 0 Å². The monoisotopic (exact) mass is 208 g/mol. The van der Waals surface area contributed by atoms with E-state index in [2.05, 4.69) is 0 Å². The Kier molecular flexibility index (Phi) is 2.53. The van der Waals surface area contributed by atoms with E-state index in [4.69, 9.17) is 0 Å². The van der Waals surface area contributed by atoms with Crippen LogP contribution >= 0.6 is 11.3 Å². The van der Waals surface area contributed by atoms with Crippen LogP contribution in [0.1, 0.15) is 24.6 Å². The lowest BCUT2D eigenvalue weighted by molar-refractivity contribution is 0.552. The van der Waals surface area contributed by atoms with E-state index in [1.165, 1.54) is 22.8 Å². The van der Waals surface area contributed by atoms with E-state index in [0.29, 0.717) is 0 Å². The summed E-state index contributed by atoms with van der Waals surface area (Å²) in [6.07, 6.45) is 0. The third-order valence-corrected chi connectivity index (χ3v) is 3.63. The Morgan fingerprint density at radius 3 is 2.33 bits per heavy atom. The van der Waals surface area contributed by atoms with Gasteiger partial charge in [0.05, 0.1) is 0 Å². The van der Waals surface area contributed by atoms with Crippen LogP contribution in [0.5, 0.6) is 0 Å². The Morgan fingerprint density at radius 1 is 1.50 bits per heavy atom. The lowest BCUT2D eigenvalue weighted by Gasteiger charge is -1.96. The molecule has 2 nitrogen and oxygen atoms in total. The number of rotatable bonds is 2. The minimum absolute atomic E-state index is 0.226. The average molecular weight is 208 g/mol. The molecule has 0 unspecified atom stereocenters. The Labute approximate surface area is 75.3 Å². The van der Waals surface area contributed by atoms with Crippen molar-refractivity contribution in [1.29, 1.82) is 0 Å². The van der Waals surface area contributed by atoms with Crippen LogP contribution in [-0.4, -0.2) is 8.42 Å². The number of hydrogen-bond donors (Lipinski definition) is 0. The Hall–Kier alpha value is -0.420. The summed E-state index contributed by atoms with van der Waals surface area (Å²) in [5.41, 5.74) is 0. The highest BCUT2D eigenvalue weighted by atomic mass is 32.3. The zero-order chi connectivity index (χ0) is 9.35. The van der Waals surface area contributed by atoms with Gasteiger partial charge in [-0.1, -0.05) is 13.8 Å². The molecule has 1 aromatic rings. The van der Waals surface area contributed by atoms with E-state index in [1.54, 1.807) is 0 Å². The van der Waals surface area contributed by atoms with Gasteiger partial charge >= 0.3 is 10.2 Å². The quantitative estimate of drug-likeness (QED) is 0.700. The molecular formula is C7H9FO2S2. The molecule has 1 rings (SSSR count). The average Bonchev–Trinajstić information content (AvgIpc) is 2.30. The fourth-order valence-corrected chi connectivity index (χ4v) is 2.50. The van der Waals surface area contributed by atoms with Crippen LogP contribution in [0.15, 0.2) is 16.3 Å². The first kappa shape index (κ1) is 9.67. The molecule has 0 spiro atoms. The molecule has 0 aromatic carbocycles. The van der Waals surface area contributed by atoms with Crippen molar-refractivity contribution >= 4 is 21.6 Å². The summed E-state index contributed by atoms with van der Waals surface area (Å²) in [5.74, 6) is 0.241. The minimum Gasteiger partial charge on any atom is -0.189 e. The van der Waals surface area contributed by atoms with Crippen LogP contribution in [0.25, 0.3) is 0 Å². The molecule has 0 saturated heterocycles. The third-order valence-electron chi connectivity index (χ3n) is 1.45. The first-order chi connectivity index (χ1) is 5.41. The van der Waals surface area contributed by atoms with Crippen LogP contribution in [0, 0.1) is 0 Å². The van der Waals surface area contributed by atoms with Crippen LogP contribution in [0.3, 0.4) is 0 Å². The molecule has 1 heterocycles. The predicted molar refractivity (Wildman–Crippen MR) is 46.7 cm³/mol. The second-order valence-electron chi connectivity index (χ2n) is 2.78. The van der Waals surface area contributed by atoms with Crippen molar-refractivity contribution in [3.05, 3.63) is 16.3 Å². The molecule has 0 N–H and O–H groups in total. The second kappa shape index (κ2) is 3.14. The molecule has 0 aliphatic rings. The summed E-state index contributed by atoms with van der Waals surface area (Å²) in [6.45, 7) is 3.86. The summed E-state index contributed by atoms with van der Waals surface area (Å²) >= 11 is 1.27. The molecule has 0 fully saturated rings. The molecule has 0 bridgehead atoms. The highest BCUT2D eigenvalue weighted by Gasteiger charge is 2.15. The lowest BCUT2D eigenvalue weighted by atomic mass is 10.2. The molecule has 0 radical (unpaired) electrons. The first-order valence-corrected chi connectivity index (χ1v) is 5.70. The molecule has 0 saturated carbocycles. The molecule has 68 valence electrons. The molecule has 1 aromatic heterocycles. The fourth-order valence-electron chi connectivity index (χ4n) is 0.765. The van der Waals surface area contributed by atoms with Crippen LogP contribution in [-0.2, 0) is 10.2 Å². The van der Waals surface area contributed by atoms with Crippen LogP contribution in [0.2, 0.25) is 0 Å². The van der Waals surface area contributed by atoms with Gasteiger partial charge in [-0.2, -0.15) is 8.42 Å². The largest absolute Gasteiger partial charge is 0.332 e. The van der Waals surface area contributed by atoms with E-state index in [0.717, 1.165) is 4.88 Å². The molecule has 5 heteroatoms. The van der Waals surface area contributed by atoms with E-state index in [9.17, 15) is 12.3 Å². The van der Waals surface area contributed by atoms with Gasteiger partial charge in [-0.25, -0.2) is 0 Å². The maximum atomic E-state index is 12.4. The van der Waals surface area contributed by atoms with Crippen LogP contribution in [0.4, 0.5) is 3.89 Å². The lowest BCUT2D eigenvalue weighted by Crippen LogP contribution is -1.88. The Morgan fingerprint density at radius 2 is 2.08 bits per heavy atom. The van der Waals surface area contributed by atoms with Crippen molar-refractivity contribution in [3.63, 3.8) is 0 Å². The topological polar surface area (TPSA) is 34.1 Å². The summed E-state index contributed by atoms with van der Waals surface area (Å²) in [7, 11) is -4.51.